The van der Waals surface area contributed by atoms with Crippen LogP contribution in [-0.4, -0.2) is 24.1 Å². The van der Waals surface area contributed by atoms with Gasteiger partial charge in [0.05, 0.1) is 0 Å². The number of aromatic nitrogens is 1. The second-order valence-electron chi connectivity index (χ2n) is 3.30. The standard InChI is InChI=1S/C8H12ClN3S/c9-7-5-13-8(11-7)12-3-1-2-6(10)4-12/h5-6H,1-4,10H2. The maximum absolute atomic E-state index is 5.87. The zero-order valence-corrected chi connectivity index (χ0v) is 8.81. The predicted octanol–water partition coefficient (Wildman–Crippen LogP) is 1.72. The van der Waals surface area contributed by atoms with Gasteiger partial charge in [0.1, 0.15) is 5.15 Å². The van der Waals surface area contributed by atoms with Crippen molar-refractivity contribution in [1.82, 2.24) is 4.98 Å². The molecule has 13 heavy (non-hydrogen) atoms. The Balaban J connectivity index is 2.08. The molecule has 2 heterocycles. The highest BCUT2D eigenvalue weighted by atomic mass is 35.5. The molecule has 0 aromatic carbocycles. The lowest BCUT2D eigenvalue weighted by atomic mass is 10.1. The highest BCUT2D eigenvalue weighted by molar-refractivity contribution is 7.14. The maximum atomic E-state index is 5.87. The molecule has 1 aromatic heterocycles. The Morgan fingerprint density at radius 2 is 2.54 bits per heavy atom. The van der Waals surface area contributed by atoms with Crippen molar-refractivity contribution in [2.24, 2.45) is 5.73 Å². The molecule has 72 valence electrons. The van der Waals surface area contributed by atoms with Crippen molar-refractivity contribution in [1.29, 1.82) is 0 Å². The molecule has 0 saturated carbocycles. The quantitative estimate of drug-likeness (QED) is 0.779. The summed E-state index contributed by atoms with van der Waals surface area (Å²) in [6, 6.07) is 0.288. The second kappa shape index (κ2) is 3.82. The first-order valence-corrected chi connectivity index (χ1v) is 5.63. The van der Waals surface area contributed by atoms with Crippen LogP contribution >= 0.6 is 22.9 Å². The molecule has 1 aliphatic heterocycles. The van der Waals surface area contributed by atoms with Crippen LogP contribution in [-0.2, 0) is 0 Å². The highest BCUT2D eigenvalue weighted by Crippen LogP contribution is 2.25. The molecule has 0 amide bonds. The molecule has 1 aliphatic rings. The molecule has 1 saturated heterocycles. The molecule has 0 spiro atoms. The third-order valence-corrected chi connectivity index (χ3v) is 3.42. The molecule has 1 aromatic rings. The van der Waals surface area contributed by atoms with Crippen molar-refractivity contribution < 1.29 is 0 Å². The number of nitrogens with two attached hydrogens (primary N) is 1. The summed E-state index contributed by atoms with van der Waals surface area (Å²) in [6.07, 6.45) is 2.27. The van der Waals surface area contributed by atoms with E-state index in [0.29, 0.717) is 5.15 Å². The molecule has 0 radical (unpaired) electrons. The summed E-state index contributed by atoms with van der Waals surface area (Å²) in [7, 11) is 0. The Labute approximate surface area is 86.5 Å². The molecule has 0 aliphatic carbocycles. The Morgan fingerprint density at radius 3 is 3.15 bits per heavy atom. The second-order valence-corrected chi connectivity index (χ2v) is 4.52. The van der Waals surface area contributed by atoms with Gasteiger partial charge in [-0.15, -0.1) is 11.3 Å². The van der Waals surface area contributed by atoms with Gasteiger partial charge in [0.2, 0.25) is 0 Å². The molecule has 1 unspecified atom stereocenters. The Bertz CT molecular complexity index is 289. The van der Waals surface area contributed by atoms with Crippen molar-refractivity contribution in [3.8, 4) is 0 Å². The van der Waals surface area contributed by atoms with Gasteiger partial charge in [-0.3, -0.25) is 0 Å². The van der Waals surface area contributed by atoms with E-state index in [-0.39, 0.29) is 6.04 Å². The van der Waals surface area contributed by atoms with Crippen molar-refractivity contribution in [3.05, 3.63) is 10.5 Å². The maximum Gasteiger partial charge on any atom is 0.186 e. The van der Waals surface area contributed by atoms with E-state index >= 15 is 0 Å². The van der Waals surface area contributed by atoms with Crippen LogP contribution in [0.25, 0.3) is 0 Å². The number of hydrogen-bond donors (Lipinski definition) is 1. The van der Waals surface area contributed by atoms with Crippen molar-refractivity contribution >= 4 is 28.1 Å². The van der Waals surface area contributed by atoms with E-state index in [0.717, 1.165) is 31.1 Å². The number of hydrogen-bond acceptors (Lipinski definition) is 4. The summed E-state index contributed by atoms with van der Waals surface area (Å²) in [4.78, 5) is 6.44. The third kappa shape index (κ3) is 2.13. The molecule has 2 N–H and O–H groups in total. The molecule has 2 rings (SSSR count). The van der Waals surface area contributed by atoms with Crippen LogP contribution in [0, 0.1) is 0 Å². The van der Waals surface area contributed by atoms with Crippen LogP contribution in [0.3, 0.4) is 0 Å². The van der Waals surface area contributed by atoms with E-state index < -0.39 is 0 Å². The Kier molecular flexibility index (Phi) is 2.71. The lowest BCUT2D eigenvalue weighted by molar-refractivity contribution is 0.505. The number of halogens is 1. The largest absolute Gasteiger partial charge is 0.347 e. The fraction of sp³-hybridized carbons (Fsp3) is 0.625. The van der Waals surface area contributed by atoms with E-state index in [4.69, 9.17) is 17.3 Å². The fourth-order valence-corrected chi connectivity index (χ4v) is 2.56. The van der Waals surface area contributed by atoms with Crippen LogP contribution in [0.2, 0.25) is 5.15 Å². The van der Waals surface area contributed by atoms with Crippen LogP contribution in [0.4, 0.5) is 5.13 Å². The fourth-order valence-electron chi connectivity index (χ4n) is 1.57. The summed E-state index contributed by atoms with van der Waals surface area (Å²) in [5, 5.41) is 3.44. The number of rotatable bonds is 1. The van der Waals surface area contributed by atoms with Crippen LogP contribution < -0.4 is 10.6 Å². The van der Waals surface area contributed by atoms with Crippen LogP contribution in [0.5, 0.6) is 0 Å². The summed E-state index contributed by atoms with van der Waals surface area (Å²) >= 11 is 7.34. The van der Waals surface area contributed by atoms with Gasteiger partial charge in [-0.1, -0.05) is 11.6 Å². The van der Waals surface area contributed by atoms with Gasteiger partial charge in [0.15, 0.2) is 5.13 Å². The van der Waals surface area contributed by atoms with E-state index in [1.54, 1.807) is 11.3 Å². The summed E-state index contributed by atoms with van der Waals surface area (Å²) in [5.41, 5.74) is 5.87. The summed E-state index contributed by atoms with van der Waals surface area (Å²) in [5.74, 6) is 0. The predicted molar refractivity (Wildman–Crippen MR) is 56.5 cm³/mol. The number of anilines is 1. The number of piperidine rings is 1. The van der Waals surface area contributed by atoms with Crippen molar-refractivity contribution in [2.45, 2.75) is 18.9 Å². The minimum absolute atomic E-state index is 0.288. The van der Waals surface area contributed by atoms with Gasteiger partial charge in [0.25, 0.3) is 0 Å². The van der Waals surface area contributed by atoms with Gasteiger partial charge in [-0.05, 0) is 12.8 Å². The summed E-state index contributed by atoms with van der Waals surface area (Å²) in [6.45, 7) is 1.96. The molecule has 5 heteroatoms. The molecule has 1 fully saturated rings. The van der Waals surface area contributed by atoms with Crippen LogP contribution in [0.15, 0.2) is 5.38 Å². The van der Waals surface area contributed by atoms with Crippen molar-refractivity contribution in [3.63, 3.8) is 0 Å². The zero-order chi connectivity index (χ0) is 9.26. The van der Waals surface area contributed by atoms with Crippen LogP contribution in [0.1, 0.15) is 12.8 Å². The van der Waals surface area contributed by atoms with E-state index in [1.807, 2.05) is 5.38 Å². The summed E-state index contributed by atoms with van der Waals surface area (Å²) < 4.78 is 0. The molecular weight excluding hydrogens is 206 g/mol. The molecule has 3 nitrogen and oxygen atoms in total. The van der Waals surface area contributed by atoms with Gasteiger partial charge in [0, 0.05) is 24.5 Å². The average molecular weight is 218 g/mol. The smallest absolute Gasteiger partial charge is 0.186 e. The van der Waals surface area contributed by atoms with Gasteiger partial charge in [-0.2, -0.15) is 0 Å². The molecule has 0 bridgehead atoms. The Morgan fingerprint density at radius 1 is 1.69 bits per heavy atom. The SMILES string of the molecule is NC1CCCN(c2nc(Cl)cs2)C1. The molecule has 1 atom stereocenters. The minimum Gasteiger partial charge on any atom is -0.347 e. The first kappa shape index (κ1) is 9.24. The van der Waals surface area contributed by atoms with E-state index in [9.17, 15) is 0 Å². The van der Waals surface area contributed by atoms with Gasteiger partial charge >= 0.3 is 0 Å². The lowest BCUT2D eigenvalue weighted by Gasteiger charge is -2.30. The van der Waals surface area contributed by atoms with Gasteiger partial charge < -0.3 is 10.6 Å². The van der Waals surface area contributed by atoms with E-state index in [1.165, 1.54) is 0 Å². The zero-order valence-electron chi connectivity index (χ0n) is 7.24. The number of thiazole rings is 1. The Hall–Kier alpha value is -0.320. The first-order chi connectivity index (χ1) is 6.25. The lowest BCUT2D eigenvalue weighted by Crippen LogP contribution is -2.42. The van der Waals surface area contributed by atoms with Gasteiger partial charge in [-0.25, -0.2) is 4.98 Å². The first-order valence-electron chi connectivity index (χ1n) is 4.37. The highest BCUT2D eigenvalue weighted by Gasteiger charge is 2.18. The third-order valence-electron chi connectivity index (χ3n) is 2.19. The average Bonchev–Trinajstić information content (AvgIpc) is 2.52. The monoisotopic (exact) mass is 217 g/mol. The van der Waals surface area contributed by atoms with Crippen molar-refractivity contribution in [2.75, 3.05) is 18.0 Å². The topological polar surface area (TPSA) is 42.1 Å². The number of nitrogens with zero attached hydrogens (tertiary/aromatic N) is 2. The minimum atomic E-state index is 0.288. The van der Waals surface area contributed by atoms with E-state index in [2.05, 4.69) is 9.88 Å². The molecular formula is C8H12ClN3S. The normalized spacial score (nSPS) is 23.5.